The topological polar surface area (TPSA) is 35.2 Å². The Balaban J connectivity index is 1.48. The predicted octanol–water partition coefficient (Wildman–Crippen LogP) is 3.02. The molecule has 1 unspecified atom stereocenters. The number of nitrogens with zero attached hydrogens (tertiary/aromatic N) is 3. The van der Waals surface area contributed by atoms with Crippen molar-refractivity contribution in [1.29, 1.82) is 0 Å². The minimum Gasteiger partial charge on any atom is -0.341 e. The Bertz CT molecular complexity index is 581. The van der Waals surface area contributed by atoms with Crippen LogP contribution in [0, 0.1) is 0 Å². The van der Waals surface area contributed by atoms with Crippen molar-refractivity contribution in [2.24, 2.45) is 0 Å². The normalized spacial score (nSPS) is 24.1. The Morgan fingerprint density at radius 1 is 1.19 bits per heavy atom. The fourth-order valence-corrected chi connectivity index (χ4v) is 3.96. The number of aromatic amines is 1. The van der Waals surface area contributed by atoms with Gasteiger partial charge in [-0.1, -0.05) is 25.0 Å². The lowest BCUT2D eigenvalue weighted by molar-refractivity contribution is 0.243. The molecule has 2 aromatic rings. The maximum absolute atomic E-state index is 4.73. The molecular weight excluding hydrogens is 260 g/mol. The van der Waals surface area contributed by atoms with Gasteiger partial charge in [0.1, 0.15) is 0 Å². The van der Waals surface area contributed by atoms with Crippen LogP contribution in [0.2, 0.25) is 0 Å². The van der Waals surface area contributed by atoms with E-state index in [2.05, 4.69) is 40.0 Å². The fourth-order valence-electron chi connectivity index (χ4n) is 3.96. The molecule has 0 amide bonds. The number of benzene rings is 1. The number of imidazole rings is 1. The minimum absolute atomic E-state index is 0.589. The summed E-state index contributed by atoms with van der Waals surface area (Å²) >= 11 is 0. The summed E-state index contributed by atoms with van der Waals surface area (Å²) in [4.78, 5) is 13.2. The van der Waals surface area contributed by atoms with E-state index in [1.807, 2.05) is 6.07 Å². The second-order valence-electron chi connectivity index (χ2n) is 6.56. The lowest BCUT2D eigenvalue weighted by Gasteiger charge is -2.27. The number of hydrogen-bond acceptors (Lipinski definition) is 3. The molecule has 1 saturated heterocycles. The fraction of sp³-hybridized carbons (Fsp3) is 0.588. The molecular formula is C17H24N4. The van der Waals surface area contributed by atoms with Crippen LogP contribution in [-0.4, -0.2) is 47.1 Å². The van der Waals surface area contributed by atoms with Crippen LogP contribution in [-0.2, 0) is 0 Å². The van der Waals surface area contributed by atoms with E-state index in [0.717, 1.165) is 23.0 Å². The van der Waals surface area contributed by atoms with Crippen molar-refractivity contribution < 1.29 is 0 Å². The summed E-state index contributed by atoms with van der Waals surface area (Å²) in [5.41, 5.74) is 2.19. The third-order valence-corrected chi connectivity index (χ3v) is 5.29. The first-order valence-electron chi connectivity index (χ1n) is 8.23. The molecule has 1 saturated carbocycles. The minimum atomic E-state index is 0.589. The second-order valence-corrected chi connectivity index (χ2v) is 6.56. The third kappa shape index (κ3) is 2.42. The Morgan fingerprint density at radius 3 is 2.81 bits per heavy atom. The Labute approximate surface area is 126 Å². The van der Waals surface area contributed by atoms with E-state index in [0.29, 0.717) is 6.04 Å². The Morgan fingerprint density at radius 2 is 2.00 bits per heavy atom. The summed E-state index contributed by atoms with van der Waals surface area (Å²) in [5.74, 6) is 1.01. The molecule has 1 N–H and O–H groups in total. The van der Waals surface area contributed by atoms with Crippen molar-refractivity contribution in [3.8, 4) is 0 Å². The highest BCUT2D eigenvalue weighted by atomic mass is 15.3. The number of para-hydroxylation sites is 2. The van der Waals surface area contributed by atoms with Gasteiger partial charge in [0.15, 0.2) is 0 Å². The molecule has 2 heterocycles. The average molecular weight is 284 g/mol. The SMILES string of the molecule is CN(c1nc2ccccc2[nH]1)C1CCN(C2CCCC2)C1. The average Bonchev–Trinajstić information content (AvgIpc) is 3.24. The van der Waals surface area contributed by atoms with Crippen LogP contribution in [0.3, 0.4) is 0 Å². The van der Waals surface area contributed by atoms with Crippen molar-refractivity contribution >= 4 is 17.0 Å². The number of rotatable bonds is 3. The van der Waals surface area contributed by atoms with Gasteiger partial charge < -0.3 is 9.88 Å². The molecule has 4 heteroatoms. The molecule has 21 heavy (non-hydrogen) atoms. The molecule has 1 aliphatic carbocycles. The van der Waals surface area contributed by atoms with Crippen molar-refractivity contribution in [3.63, 3.8) is 0 Å². The van der Waals surface area contributed by atoms with E-state index in [1.54, 1.807) is 0 Å². The molecule has 0 spiro atoms. The molecule has 4 nitrogen and oxygen atoms in total. The molecule has 2 fully saturated rings. The maximum atomic E-state index is 4.73. The number of fused-ring (bicyclic) bond motifs is 1. The van der Waals surface area contributed by atoms with Gasteiger partial charge in [0.25, 0.3) is 0 Å². The first-order valence-corrected chi connectivity index (χ1v) is 8.23. The number of nitrogens with one attached hydrogen (secondary N) is 1. The Hall–Kier alpha value is -1.55. The second kappa shape index (κ2) is 5.34. The molecule has 0 bridgehead atoms. The lowest BCUT2D eigenvalue weighted by atomic mass is 10.2. The van der Waals surface area contributed by atoms with Gasteiger partial charge >= 0.3 is 0 Å². The quantitative estimate of drug-likeness (QED) is 0.941. The van der Waals surface area contributed by atoms with E-state index < -0.39 is 0 Å². The summed E-state index contributed by atoms with van der Waals surface area (Å²) in [5, 5.41) is 0. The zero-order valence-electron chi connectivity index (χ0n) is 12.8. The smallest absolute Gasteiger partial charge is 0.203 e. The zero-order chi connectivity index (χ0) is 14.2. The number of likely N-dealkylation sites (tertiary alicyclic amines) is 1. The highest BCUT2D eigenvalue weighted by Gasteiger charge is 2.32. The van der Waals surface area contributed by atoms with Gasteiger partial charge in [0.2, 0.25) is 5.95 Å². The first kappa shape index (κ1) is 13.1. The van der Waals surface area contributed by atoms with Crippen LogP contribution >= 0.6 is 0 Å². The molecule has 0 radical (unpaired) electrons. The molecule has 4 rings (SSSR count). The van der Waals surface area contributed by atoms with Crippen molar-refractivity contribution in [3.05, 3.63) is 24.3 Å². The molecule has 1 atom stereocenters. The standard InChI is InChI=1S/C17H24N4/c1-20(17-18-15-8-4-5-9-16(15)19-17)14-10-11-21(12-14)13-6-2-3-7-13/h4-5,8-9,13-14H,2-3,6-7,10-12H2,1H3,(H,18,19). The maximum Gasteiger partial charge on any atom is 0.203 e. The largest absolute Gasteiger partial charge is 0.341 e. The van der Waals surface area contributed by atoms with Crippen LogP contribution < -0.4 is 4.90 Å². The molecule has 1 aromatic heterocycles. The number of hydrogen-bond donors (Lipinski definition) is 1. The van der Waals surface area contributed by atoms with Gasteiger partial charge in [0.05, 0.1) is 11.0 Å². The van der Waals surface area contributed by atoms with Crippen molar-refractivity contribution in [2.45, 2.75) is 44.2 Å². The number of likely N-dealkylation sites (N-methyl/N-ethyl adjacent to an activating group) is 1. The van der Waals surface area contributed by atoms with Gasteiger partial charge in [-0.3, -0.25) is 4.90 Å². The molecule has 2 aliphatic rings. The highest BCUT2D eigenvalue weighted by molar-refractivity contribution is 5.77. The van der Waals surface area contributed by atoms with Gasteiger partial charge in [-0.05, 0) is 31.4 Å². The van der Waals surface area contributed by atoms with Gasteiger partial charge in [0, 0.05) is 32.2 Å². The van der Waals surface area contributed by atoms with Gasteiger partial charge in [-0.2, -0.15) is 0 Å². The van der Waals surface area contributed by atoms with Gasteiger partial charge in [-0.15, -0.1) is 0 Å². The number of H-pyrrole nitrogens is 1. The van der Waals surface area contributed by atoms with Crippen molar-refractivity contribution in [2.75, 3.05) is 25.0 Å². The summed E-state index contributed by atoms with van der Waals surface area (Å²) in [6, 6.07) is 9.71. The van der Waals surface area contributed by atoms with E-state index in [1.165, 1.54) is 45.2 Å². The van der Waals surface area contributed by atoms with E-state index >= 15 is 0 Å². The van der Waals surface area contributed by atoms with Crippen LogP contribution in [0.1, 0.15) is 32.1 Å². The zero-order valence-corrected chi connectivity index (χ0v) is 12.8. The van der Waals surface area contributed by atoms with E-state index in [4.69, 9.17) is 4.98 Å². The monoisotopic (exact) mass is 284 g/mol. The van der Waals surface area contributed by atoms with Crippen LogP contribution in [0.15, 0.2) is 24.3 Å². The van der Waals surface area contributed by atoms with E-state index in [9.17, 15) is 0 Å². The molecule has 1 aliphatic heterocycles. The van der Waals surface area contributed by atoms with Crippen LogP contribution in [0.4, 0.5) is 5.95 Å². The molecule has 112 valence electrons. The van der Waals surface area contributed by atoms with Gasteiger partial charge in [-0.25, -0.2) is 4.98 Å². The predicted molar refractivity (Wildman–Crippen MR) is 86.7 cm³/mol. The van der Waals surface area contributed by atoms with E-state index in [-0.39, 0.29) is 0 Å². The third-order valence-electron chi connectivity index (χ3n) is 5.29. The first-order chi connectivity index (χ1) is 10.3. The van der Waals surface area contributed by atoms with Crippen molar-refractivity contribution in [1.82, 2.24) is 14.9 Å². The summed E-state index contributed by atoms with van der Waals surface area (Å²) < 4.78 is 0. The summed E-state index contributed by atoms with van der Waals surface area (Å²) in [6.07, 6.45) is 6.91. The number of anilines is 1. The van der Waals surface area contributed by atoms with Crippen LogP contribution in [0.5, 0.6) is 0 Å². The Kier molecular flexibility index (Phi) is 3.34. The summed E-state index contributed by atoms with van der Waals surface area (Å²) in [7, 11) is 2.18. The number of aromatic nitrogens is 2. The highest BCUT2D eigenvalue weighted by Crippen LogP contribution is 2.29. The van der Waals surface area contributed by atoms with Crippen LogP contribution in [0.25, 0.3) is 11.0 Å². The lowest BCUT2D eigenvalue weighted by Crippen LogP contribution is -2.38. The summed E-state index contributed by atoms with van der Waals surface area (Å²) in [6.45, 7) is 2.44. The molecule has 1 aromatic carbocycles.